The number of hydrogen-bond acceptors (Lipinski definition) is 3. The lowest BCUT2D eigenvalue weighted by molar-refractivity contribution is -0.189. The summed E-state index contributed by atoms with van der Waals surface area (Å²) in [5.74, 6) is -3.42. The Morgan fingerprint density at radius 3 is 2.14 bits per heavy atom. The SMILES string of the molecule is C=CC(=O)NCC1NN(C2CCC(C(F)(F)F)CC2)C2CCC(C(F)(F)F)CC12. The second-order valence-electron chi connectivity index (χ2n) is 8.42. The van der Waals surface area contributed by atoms with Crippen molar-refractivity contribution in [1.82, 2.24) is 15.8 Å². The van der Waals surface area contributed by atoms with Gasteiger partial charge in [0.15, 0.2) is 0 Å². The van der Waals surface area contributed by atoms with Gasteiger partial charge in [-0.15, -0.1) is 0 Å². The minimum atomic E-state index is -4.27. The van der Waals surface area contributed by atoms with Crippen LogP contribution >= 0.6 is 0 Å². The minimum Gasteiger partial charge on any atom is -0.351 e. The number of nitrogens with zero attached hydrogens (tertiary/aromatic N) is 1. The van der Waals surface area contributed by atoms with Gasteiger partial charge >= 0.3 is 12.4 Å². The molecule has 0 bridgehead atoms. The summed E-state index contributed by atoms with van der Waals surface area (Å²) in [6, 6.07) is -0.676. The Balaban J connectivity index is 1.69. The van der Waals surface area contributed by atoms with Crippen molar-refractivity contribution in [3.05, 3.63) is 12.7 Å². The van der Waals surface area contributed by atoms with Gasteiger partial charge in [0.25, 0.3) is 0 Å². The van der Waals surface area contributed by atoms with Crippen molar-refractivity contribution in [3.8, 4) is 0 Å². The second-order valence-corrected chi connectivity index (χ2v) is 8.42. The average molecular weight is 427 g/mol. The van der Waals surface area contributed by atoms with Crippen molar-refractivity contribution < 1.29 is 31.1 Å². The molecule has 2 aliphatic carbocycles. The van der Waals surface area contributed by atoms with E-state index in [9.17, 15) is 31.1 Å². The Labute approximate surface area is 166 Å². The lowest BCUT2D eigenvalue weighted by Gasteiger charge is -2.41. The van der Waals surface area contributed by atoms with Crippen molar-refractivity contribution >= 4 is 5.91 Å². The highest BCUT2D eigenvalue weighted by molar-refractivity contribution is 5.86. The van der Waals surface area contributed by atoms with Gasteiger partial charge in [-0.1, -0.05) is 6.58 Å². The standard InChI is InChI=1S/C19H27F6N3O/c1-2-17(29)26-10-15-14-9-12(19(23,24)25)5-8-16(14)28(27-15)13-6-3-11(4-7-13)18(20,21)22/h2,11-16,27H,1,3-10H2,(H,26,29). The van der Waals surface area contributed by atoms with E-state index in [1.807, 2.05) is 5.01 Å². The number of nitrogens with one attached hydrogen (secondary N) is 2. The maximum atomic E-state index is 13.3. The zero-order valence-corrected chi connectivity index (χ0v) is 16.0. The van der Waals surface area contributed by atoms with E-state index < -0.39 is 30.1 Å². The molecule has 4 atom stereocenters. The fraction of sp³-hybridized carbons (Fsp3) is 0.842. The Hall–Kier alpha value is -1.29. The molecule has 0 aromatic carbocycles. The van der Waals surface area contributed by atoms with E-state index in [0.29, 0.717) is 19.3 Å². The first-order valence-corrected chi connectivity index (χ1v) is 10.1. The summed E-state index contributed by atoms with van der Waals surface area (Å²) in [6.07, 6.45) is -6.26. The zero-order chi connectivity index (χ0) is 21.4. The monoisotopic (exact) mass is 427 g/mol. The van der Waals surface area contributed by atoms with Gasteiger partial charge in [-0.2, -0.15) is 26.3 Å². The third-order valence-electron chi connectivity index (χ3n) is 6.75. The molecule has 2 N–H and O–H groups in total. The van der Waals surface area contributed by atoms with Crippen LogP contribution in [-0.2, 0) is 4.79 Å². The number of rotatable bonds is 4. The van der Waals surface area contributed by atoms with Crippen molar-refractivity contribution in [2.75, 3.05) is 6.54 Å². The topological polar surface area (TPSA) is 44.4 Å². The molecule has 4 nitrogen and oxygen atoms in total. The molecule has 0 radical (unpaired) electrons. The Kier molecular flexibility index (Phi) is 6.53. The van der Waals surface area contributed by atoms with Crippen LogP contribution in [0.5, 0.6) is 0 Å². The Bertz CT molecular complexity index is 600. The molecule has 1 heterocycles. The van der Waals surface area contributed by atoms with Gasteiger partial charge in [0.1, 0.15) is 0 Å². The number of alkyl halides is 6. The van der Waals surface area contributed by atoms with Gasteiger partial charge in [0.05, 0.1) is 11.8 Å². The van der Waals surface area contributed by atoms with E-state index in [-0.39, 0.29) is 56.3 Å². The summed E-state index contributed by atoms with van der Waals surface area (Å²) >= 11 is 0. The number of hydrogen-bond donors (Lipinski definition) is 2. The summed E-state index contributed by atoms with van der Waals surface area (Å²) in [5, 5.41) is 4.55. The quantitative estimate of drug-likeness (QED) is 0.528. The van der Waals surface area contributed by atoms with Crippen molar-refractivity contribution in [1.29, 1.82) is 0 Å². The van der Waals surface area contributed by atoms with Crippen LogP contribution in [0.2, 0.25) is 0 Å². The molecule has 166 valence electrons. The van der Waals surface area contributed by atoms with Crippen molar-refractivity contribution in [3.63, 3.8) is 0 Å². The van der Waals surface area contributed by atoms with Gasteiger partial charge < -0.3 is 5.32 Å². The largest absolute Gasteiger partial charge is 0.391 e. The zero-order valence-electron chi connectivity index (χ0n) is 16.0. The van der Waals surface area contributed by atoms with Crippen LogP contribution in [-0.4, -0.2) is 47.9 Å². The number of halogens is 6. The van der Waals surface area contributed by atoms with Gasteiger partial charge in [0, 0.05) is 24.7 Å². The summed E-state index contributed by atoms with van der Waals surface area (Å²) < 4.78 is 78.7. The fourth-order valence-corrected chi connectivity index (χ4v) is 5.18. The van der Waals surface area contributed by atoms with E-state index in [0.717, 1.165) is 6.08 Å². The first kappa shape index (κ1) is 22.4. The Morgan fingerprint density at radius 1 is 1.00 bits per heavy atom. The molecule has 0 aromatic rings. The molecule has 0 aromatic heterocycles. The predicted molar refractivity (Wildman–Crippen MR) is 94.4 cm³/mol. The second kappa shape index (κ2) is 8.45. The van der Waals surface area contributed by atoms with E-state index in [1.165, 1.54) is 0 Å². The smallest absolute Gasteiger partial charge is 0.351 e. The number of fused-ring (bicyclic) bond motifs is 1. The van der Waals surface area contributed by atoms with Crippen LogP contribution in [0.4, 0.5) is 26.3 Å². The molecule has 1 saturated heterocycles. The van der Waals surface area contributed by atoms with Gasteiger partial charge in [-0.05, 0) is 56.9 Å². The molecule has 1 aliphatic heterocycles. The third kappa shape index (κ3) is 5.07. The third-order valence-corrected chi connectivity index (χ3v) is 6.75. The maximum Gasteiger partial charge on any atom is 0.391 e. The summed E-state index contributed by atoms with van der Waals surface area (Å²) in [4.78, 5) is 11.5. The number of carbonyl (C=O) groups excluding carboxylic acids is 1. The summed E-state index contributed by atoms with van der Waals surface area (Å²) in [5.41, 5.74) is 3.24. The molecule has 29 heavy (non-hydrogen) atoms. The summed E-state index contributed by atoms with van der Waals surface area (Å²) in [6.45, 7) is 3.52. The molecule has 3 rings (SSSR count). The van der Waals surface area contributed by atoms with Gasteiger partial charge in [-0.25, -0.2) is 10.4 Å². The van der Waals surface area contributed by atoms with Crippen molar-refractivity contribution in [2.24, 2.45) is 17.8 Å². The van der Waals surface area contributed by atoms with Crippen LogP contribution < -0.4 is 10.7 Å². The number of amides is 1. The van der Waals surface area contributed by atoms with Gasteiger partial charge in [0.2, 0.25) is 5.91 Å². The molecule has 3 fully saturated rings. The highest BCUT2D eigenvalue weighted by atomic mass is 19.4. The van der Waals surface area contributed by atoms with E-state index >= 15 is 0 Å². The predicted octanol–water partition coefficient (Wildman–Crippen LogP) is 3.95. The molecule has 1 amide bonds. The van der Waals surface area contributed by atoms with E-state index in [4.69, 9.17) is 0 Å². The fourth-order valence-electron chi connectivity index (χ4n) is 5.18. The lowest BCUT2D eigenvalue weighted by atomic mass is 9.74. The normalized spacial score (nSPS) is 36.5. The molecule has 2 saturated carbocycles. The van der Waals surface area contributed by atoms with Crippen LogP contribution in [0, 0.1) is 17.8 Å². The molecular formula is C19H27F6N3O. The molecule has 10 heteroatoms. The van der Waals surface area contributed by atoms with E-state index in [2.05, 4.69) is 17.3 Å². The average Bonchev–Trinajstić information content (AvgIpc) is 3.03. The minimum absolute atomic E-state index is 0.0203. The van der Waals surface area contributed by atoms with Crippen LogP contribution in [0.25, 0.3) is 0 Å². The van der Waals surface area contributed by atoms with E-state index in [1.54, 1.807) is 0 Å². The van der Waals surface area contributed by atoms with Crippen LogP contribution in [0.15, 0.2) is 12.7 Å². The van der Waals surface area contributed by atoms with Gasteiger partial charge in [-0.3, -0.25) is 4.79 Å². The van der Waals surface area contributed by atoms with Crippen molar-refractivity contribution in [2.45, 2.75) is 75.4 Å². The highest BCUT2D eigenvalue weighted by Gasteiger charge is 2.53. The highest BCUT2D eigenvalue weighted by Crippen LogP contribution is 2.47. The first-order valence-electron chi connectivity index (χ1n) is 10.1. The maximum absolute atomic E-state index is 13.3. The lowest BCUT2D eigenvalue weighted by Crippen LogP contribution is -2.50. The Morgan fingerprint density at radius 2 is 1.59 bits per heavy atom. The number of hydrazine groups is 1. The molecule has 3 aliphatic rings. The molecule has 4 unspecified atom stereocenters. The molecule has 0 spiro atoms. The molecular weight excluding hydrogens is 400 g/mol. The summed E-state index contributed by atoms with van der Waals surface area (Å²) in [7, 11) is 0. The first-order chi connectivity index (χ1) is 13.5. The number of carbonyl (C=O) groups is 1. The van der Waals surface area contributed by atoms with Crippen LogP contribution in [0.3, 0.4) is 0 Å². The van der Waals surface area contributed by atoms with Crippen LogP contribution in [0.1, 0.15) is 44.9 Å².